The summed E-state index contributed by atoms with van der Waals surface area (Å²) in [5, 5.41) is 12.8. The zero-order valence-corrected chi connectivity index (χ0v) is 31.1. The molecule has 264 valence electrons. The van der Waals surface area contributed by atoms with Crippen LogP contribution >= 0.6 is 11.8 Å². The number of ether oxygens (including phenoxy) is 3. The maximum absolute atomic E-state index is 14.9. The molecule has 4 aromatic carbocycles. The van der Waals surface area contributed by atoms with Gasteiger partial charge in [0.05, 0.1) is 18.0 Å². The van der Waals surface area contributed by atoms with Crippen molar-refractivity contribution >= 4 is 40.1 Å². The van der Waals surface area contributed by atoms with E-state index in [2.05, 4.69) is 26.0 Å². The second-order valence-corrected chi connectivity index (χ2v) is 15.6. The van der Waals surface area contributed by atoms with Gasteiger partial charge in [-0.05, 0) is 79.9 Å². The molecule has 6 rings (SSSR count). The Hall–Kier alpha value is -4.21. The van der Waals surface area contributed by atoms with Gasteiger partial charge in [-0.1, -0.05) is 70.2 Å². The summed E-state index contributed by atoms with van der Waals surface area (Å²) in [6.07, 6.45) is -0.273. The summed E-state index contributed by atoms with van der Waals surface area (Å²) in [6.45, 7) is 11.0. The fourth-order valence-corrected chi connectivity index (χ4v) is 8.47. The molecule has 4 aromatic rings. The van der Waals surface area contributed by atoms with Crippen LogP contribution in [0.25, 0.3) is 10.8 Å². The molecule has 0 bridgehead atoms. The molecule has 2 aliphatic heterocycles. The van der Waals surface area contributed by atoms with Gasteiger partial charge in [-0.15, -0.1) is 11.8 Å². The van der Waals surface area contributed by atoms with E-state index in [1.54, 1.807) is 30.7 Å². The molecule has 1 N–H and O–H groups in total. The van der Waals surface area contributed by atoms with E-state index in [0.29, 0.717) is 43.2 Å². The highest BCUT2D eigenvalue weighted by atomic mass is 32.2. The zero-order chi connectivity index (χ0) is 35.9. The first kappa shape index (κ1) is 35.6. The number of phenolic OH excluding ortho intramolecular Hbond substituents is 1. The molecule has 0 fully saturated rings. The number of hydrogen-bond acceptors (Lipinski definition) is 8. The molecule has 3 unspecified atom stereocenters. The van der Waals surface area contributed by atoms with Gasteiger partial charge in [0.2, 0.25) is 5.60 Å². The van der Waals surface area contributed by atoms with Crippen molar-refractivity contribution in [3.8, 4) is 17.2 Å². The maximum atomic E-state index is 14.9. The number of nitrogens with zero attached hydrogens (tertiary/aromatic N) is 2. The quantitative estimate of drug-likeness (QED) is 0.175. The molecule has 9 heteroatoms. The summed E-state index contributed by atoms with van der Waals surface area (Å²) in [4.78, 5) is 34.2. The van der Waals surface area contributed by atoms with Gasteiger partial charge >= 0.3 is 5.97 Å². The molecule has 1 amide bonds. The van der Waals surface area contributed by atoms with Gasteiger partial charge < -0.3 is 29.1 Å². The third kappa shape index (κ3) is 6.65. The Kier molecular flexibility index (Phi) is 10.1. The average Bonchev–Trinajstić information content (AvgIpc) is 3.20. The maximum Gasteiger partial charge on any atom is 0.351 e. The summed E-state index contributed by atoms with van der Waals surface area (Å²) in [5.41, 5.74) is 2.85. The molecule has 2 heterocycles. The number of phenols is 1. The highest BCUT2D eigenvalue weighted by Gasteiger charge is 2.48. The Morgan fingerprint density at radius 1 is 1.06 bits per heavy atom. The van der Waals surface area contributed by atoms with Gasteiger partial charge in [-0.25, -0.2) is 4.79 Å². The van der Waals surface area contributed by atoms with Crippen LogP contribution in [0.2, 0.25) is 0 Å². The predicted octanol–water partition coefficient (Wildman–Crippen LogP) is 8.24. The monoisotopic (exact) mass is 696 g/mol. The smallest absolute Gasteiger partial charge is 0.351 e. The van der Waals surface area contributed by atoms with Gasteiger partial charge in [0, 0.05) is 41.1 Å². The number of anilines is 1. The zero-order valence-electron chi connectivity index (χ0n) is 30.3. The first-order valence-corrected chi connectivity index (χ1v) is 18.3. The number of rotatable bonds is 9. The first-order chi connectivity index (χ1) is 23.8. The molecule has 0 saturated carbocycles. The molecule has 2 aliphatic rings. The van der Waals surface area contributed by atoms with Gasteiger partial charge in [0.1, 0.15) is 17.2 Å². The lowest BCUT2D eigenvalue weighted by Crippen LogP contribution is -2.51. The number of hydrogen-bond donors (Lipinski definition) is 1. The molecule has 0 aliphatic carbocycles. The van der Waals surface area contributed by atoms with E-state index in [1.165, 1.54) is 0 Å². The third-order valence-corrected chi connectivity index (χ3v) is 11.3. The average molecular weight is 697 g/mol. The van der Waals surface area contributed by atoms with Crippen LogP contribution in [0.5, 0.6) is 17.2 Å². The molecule has 3 atom stereocenters. The highest BCUT2D eigenvalue weighted by Crippen LogP contribution is 2.51. The number of benzene rings is 4. The number of esters is 1. The summed E-state index contributed by atoms with van der Waals surface area (Å²) in [5.74, 6) is 0.834. The van der Waals surface area contributed by atoms with E-state index in [9.17, 15) is 14.7 Å². The topological polar surface area (TPSA) is 88.5 Å². The lowest BCUT2D eigenvalue weighted by Gasteiger charge is -2.37. The van der Waals surface area contributed by atoms with Crippen LogP contribution in [0.4, 0.5) is 5.69 Å². The molecular formula is C41H48N2O6S. The molecule has 50 heavy (non-hydrogen) atoms. The van der Waals surface area contributed by atoms with Crippen molar-refractivity contribution in [1.29, 1.82) is 0 Å². The fourth-order valence-electron chi connectivity index (χ4n) is 7.02. The largest absolute Gasteiger partial charge is 0.507 e. The Morgan fingerprint density at radius 3 is 2.44 bits per heavy atom. The first-order valence-electron chi connectivity index (χ1n) is 17.4. The molecule has 0 aromatic heterocycles. The number of amides is 1. The van der Waals surface area contributed by atoms with E-state index < -0.39 is 22.9 Å². The Morgan fingerprint density at radius 2 is 1.78 bits per heavy atom. The standard InChI is InChI=1S/C41H48N2O6S/c1-24(2)31-23-33-30(34(25(3)4)35(31)44)19-20-41(5,49-33)40(46)48-36-37(27-13-16-28(47-8)17-14-27)50-38-29-12-10-9-11-26(29)15-18-32(38)43(39(36)45)22-21-42(6)7/h9-18,23-25,36-37,44H,19-22H2,1-8H3. The van der Waals surface area contributed by atoms with Crippen LogP contribution in [0.15, 0.2) is 71.6 Å². The second-order valence-electron chi connectivity index (χ2n) is 14.4. The van der Waals surface area contributed by atoms with Gasteiger partial charge in [-0.2, -0.15) is 0 Å². The van der Waals surface area contributed by atoms with Crippen LogP contribution < -0.4 is 14.4 Å². The number of carbonyl (C=O) groups excluding carboxylic acids is 2. The summed E-state index contributed by atoms with van der Waals surface area (Å²) in [7, 11) is 5.57. The summed E-state index contributed by atoms with van der Waals surface area (Å²) >= 11 is 1.55. The van der Waals surface area contributed by atoms with Crippen LogP contribution in [0, 0.1) is 0 Å². The number of likely N-dealkylation sites (N-methyl/N-ethyl adjacent to an activating group) is 1. The molecule has 0 radical (unpaired) electrons. The lowest BCUT2D eigenvalue weighted by atomic mass is 9.83. The summed E-state index contributed by atoms with van der Waals surface area (Å²) < 4.78 is 18.5. The van der Waals surface area contributed by atoms with Crippen LogP contribution in [-0.4, -0.2) is 67.9 Å². The molecule has 0 saturated heterocycles. The minimum atomic E-state index is -1.35. The van der Waals surface area contributed by atoms with E-state index in [1.807, 2.05) is 87.4 Å². The lowest BCUT2D eigenvalue weighted by molar-refractivity contribution is -0.171. The number of thioether (sulfide) groups is 1. The van der Waals surface area contributed by atoms with Crippen molar-refractivity contribution in [2.75, 3.05) is 39.2 Å². The van der Waals surface area contributed by atoms with Crippen molar-refractivity contribution in [2.24, 2.45) is 0 Å². The van der Waals surface area contributed by atoms with Crippen molar-refractivity contribution in [1.82, 2.24) is 4.90 Å². The van der Waals surface area contributed by atoms with Gasteiger partial charge in [0.25, 0.3) is 5.91 Å². The Balaban J connectivity index is 1.43. The van der Waals surface area contributed by atoms with E-state index in [0.717, 1.165) is 43.6 Å². The third-order valence-electron chi connectivity index (χ3n) is 9.88. The Labute approximate surface area is 299 Å². The highest BCUT2D eigenvalue weighted by molar-refractivity contribution is 8.00. The van der Waals surface area contributed by atoms with E-state index in [4.69, 9.17) is 14.2 Å². The van der Waals surface area contributed by atoms with E-state index >= 15 is 0 Å². The number of methoxy groups -OCH3 is 1. The van der Waals surface area contributed by atoms with Crippen LogP contribution in [0.1, 0.15) is 80.4 Å². The molecule has 8 nitrogen and oxygen atoms in total. The van der Waals surface area contributed by atoms with Crippen molar-refractivity contribution in [2.45, 2.75) is 81.1 Å². The summed E-state index contributed by atoms with van der Waals surface area (Å²) in [6, 6.07) is 21.7. The SMILES string of the molecule is COc1ccc(C2Sc3c(ccc4ccccc34)N(CCN(C)C)C(=O)C2OC(=O)C2(C)CCc3c(cc(C(C)C)c(O)c3C(C)C)O2)cc1. The minimum absolute atomic E-state index is 0.0540. The van der Waals surface area contributed by atoms with Gasteiger partial charge in [-0.3, -0.25) is 4.79 Å². The molecular weight excluding hydrogens is 649 g/mol. The molecule has 0 spiro atoms. The van der Waals surface area contributed by atoms with E-state index in [-0.39, 0.29) is 17.7 Å². The number of fused-ring (bicyclic) bond motifs is 4. The second kappa shape index (κ2) is 14.2. The Bertz CT molecular complexity index is 1910. The van der Waals surface area contributed by atoms with Crippen LogP contribution in [-0.2, 0) is 20.7 Å². The normalized spacial score (nSPS) is 20.5. The fraction of sp³-hybridized carbons (Fsp3) is 0.415. The predicted molar refractivity (Wildman–Crippen MR) is 200 cm³/mol. The number of aromatic hydroxyl groups is 1. The van der Waals surface area contributed by atoms with Crippen LogP contribution in [0.3, 0.4) is 0 Å². The van der Waals surface area contributed by atoms with Crippen molar-refractivity contribution in [3.05, 3.63) is 89.0 Å². The van der Waals surface area contributed by atoms with Crippen molar-refractivity contribution < 1.29 is 28.9 Å². The van der Waals surface area contributed by atoms with Gasteiger partial charge in [0.15, 0.2) is 6.10 Å². The minimum Gasteiger partial charge on any atom is -0.507 e. The number of carbonyl (C=O) groups is 2. The van der Waals surface area contributed by atoms with Crippen molar-refractivity contribution in [3.63, 3.8) is 0 Å².